The van der Waals surface area contributed by atoms with Gasteiger partial charge in [0.2, 0.25) is 0 Å². The SMILES string of the molecule is [CH2]C(C)c1cccc([N+](=O)[O-])c1C(F)(F)F. The number of nitrogens with zero attached hydrogens (tertiary/aromatic N) is 1. The van der Waals surface area contributed by atoms with Gasteiger partial charge in [0.15, 0.2) is 0 Å². The van der Waals surface area contributed by atoms with Gasteiger partial charge in [-0.3, -0.25) is 10.1 Å². The Morgan fingerprint density at radius 1 is 1.44 bits per heavy atom. The molecule has 0 spiro atoms. The van der Waals surface area contributed by atoms with Gasteiger partial charge in [-0.25, -0.2) is 0 Å². The molecule has 0 N–H and O–H groups in total. The Balaban J connectivity index is 3.54. The van der Waals surface area contributed by atoms with Gasteiger partial charge in [-0.1, -0.05) is 19.1 Å². The molecule has 0 aliphatic rings. The highest BCUT2D eigenvalue weighted by Gasteiger charge is 2.41. The molecule has 3 nitrogen and oxygen atoms in total. The summed E-state index contributed by atoms with van der Waals surface area (Å²) in [6.45, 7) is 4.91. The lowest BCUT2D eigenvalue weighted by atomic mass is 9.95. The van der Waals surface area contributed by atoms with Crippen LogP contribution in [0.2, 0.25) is 0 Å². The van der Waals surface area contributed by atoms with E-state index in [1.807, 2.05) is 0 Å². The van der Waals surface area contributed by atoms with Crippen LogP contribution in [-0.2, 0) is 6.18 Å². The summed E-state index contributed by atoms with van der Waals surface area (Å²) >= 11 is 0. The van der Waals surface area contributed by atoms with Gasteiger partial charge in [-0.15, -0.1) is 0 Å². The van der Waals surface area contributed by atoms with E-state index in [0.29, 0.717) is 0 Å². The number of benzene rings is 1. The first kappa shape index (κ1) is 12.5. The average Bonchev–Trinajstić information content (AvgIpc) is 2.15. The van der Waals surface area contributed by atoms with Crippen molar-refractivity contribution < 1.29 is 18.1 Å². The fraction of sp³-hybridized carbons (Fsp3) is 0.300. The smallest absolute Gasteiger partial charge is 0.258 e. The summed E-state index contributed by atoms with van der Waals surface area (Å²) in [6.07, 6.45) is -4.75. The van der Waals surface area contributed by atoms with Crippen LogP contribution >= 0.6 is 0 Å². The van der Waals surface area contributed by atoms with Crippen LogP contribution in [0.25, 0.3) is 0 Å². The molecule has 1 radical (unpaired) electrons. The Morgan fingerprint density at radius 3 is 2.38 bits per heavy atom. The molecule has 1 aromatic carbocycles. The molecule has 0 fully saturated rings. The number of nitro groups is 1. The van der Waals surface area contributed by atoms with Crippen molar-refractivity contribution in [3.8, 4) is 0 Å². The first-order valence-electron chi connectivity index (χ1n) is 4.42. The van der Waals surface area contributed by atoms with Crippen LogP contribution in [0.3, 0.4) is 0 Å². The summed E-state index contributed by atoms with van der Waals surface area (Å²) in [5.41, 5.74) is -2.30. The van der Waals surface area contributed by atoms with E-state index < -0.39 is 28.3 Å². The van der Waals surface area contributed by atoms with E-state index in [1.54, 1.807) is 0 Å². The van der Waals surface area contributed by atoms with Crippen molar-refractivity contribution in [2.75, 3.05) is 0 Å². The Labute approximate surface area is 90.0 Å². The Hall–Kier alpha value is -1.59. The summed E-state index contributed by atoms with van der Waals surface area (Å²) in [7, 11) is 0. The molecule has 1 rings (SSSR count). The van der Waals surface area contributed by atoms with Crippen LogP contribution in [0.1, 0.15) is 24.0 Å². The molecule has 0 saturated heterocycles. The fourth-order valence-corrected chi connectivity index (χ4v) is 1.43. The highest BCUT2D eigenvalue weighted by Crippen LogP contribution is 2.40. The first-order chi connectivity index (χ1) is 7.25. The Morgan fingerprint density at radius 2 is 2.00 bits per heavy atom. The van der Waals surface area contributed by atoms with Gasteiger partial charge in [-0.05, 0) is 18.4 Å². The largest absolute Gasteiger partial charge is 0.423 e. The topological polar surface area (TPSA) is 43.1 Å². The molecule has 0 saturated carbocycles. The highest BCUT2D eigenvalue weighted by molar-refractivity contribution is 5.49. The Kier molecular flexibility index (Phi) is 3.21. The fourth-order valence-electron chi connectivity index (χ4n) is 1.43. The van der Waals surface area contributed by atoms with Gasteiger partial charge in [0.1, 0.15) is 5.56 Å². The lowest BCUT2D eigenvalue weighted by Gasteiger charge is -2.14. The normalized spacial score (nSPS) is 11.9. The van der Waals surface area contributed by atoms with E-state index in [4.69, 9.17) is 0 Å². The molecule has 0 heterocycles. The van der Waals surface area contributed by atoms with Crippen molar-refractivity contribution in [2.45, 2.75) is 19.0 Å². The van der Waals surface area contributed by atoms with E-state index >= 15 is 0 Å². The van der Waals surface area contributed by atoms with Crippen LogP contribution in [0.15, 0.2) is 18.2 Å². The second-order valence-corrected chi connectivity index (χ2v) is 3.40. The predicted molar refractivity (Wildman–Crippen MR) is 51.9 cm³/mol. The van der Waals surface area contributed by atoms with Crippen molar-refractivity contribution in [3.05, 3.63) is 46.4 Å². The zero-order valence-corrected chi connectivity index (χ0v) is 8.41. The molecule has 6 heteroatoms. The second-order valence-electron chi connectivity index (χ2n) is 3.40. The van der Waals surface area contributed by atoms with Crippen LogP contribution in [-0.4, -0.2) is 4.92 Å². The van der Waals surface area contributed by atoms with E-state index in [1.165, 1.54) is 19.1 Å². The van der Waals surface area contributed by atoms with Crippen molar-refractivity contribution in [2.24, 2.45) is 0 Å². The first-order valence-corrected chi connectivity index (χ1v) is 4.42. The molecule has 16 heavy (non-hydrogen) atoms. The number of hydrogen-bond acceptors (Lipinski definition) is 2. The van der Waals surface area contributed by atoms with Gasteiger partial charge < -0.3 is 0 Å². The molecule has 0 aliphatic heterocycles. The highest BCUT2D eigenvalue weighted by atomic mass is 19.4. The molecule has 87 valence electrons. The van der Waals surface area contributed by atoms with Crippen molar-refractivity contribution in [1.82, 2.24) is 0 Å². The summed E-state index contributed by atoms with van der Waals surface area (Å²) in [4.78, 5) is 9.50. The molecule has 0 bridgehead atoms. The van der Waals surface area contributed by atoms with Gasteiger partial charge >= 0.3 is 6.18 Å². The molecular formula is C10H9F3NO2. The zero-order chi connectivity index (χ0) is 12.5. The molecule has 0 amide bonds. The lowest BCUT2D eigenvalue weighted by Crippen LogP contribution is -2.13. The second kappa shape index (κ2) is 4.11. The van der Waals surface area contributed by atoms with Crippen molar-refractivity contribution >= 4 is 5.69 Å². The van der Waals surface area contributed by atoms with E-state index in [9.17, 15) is 23.3 Å². The van der Waals surface area contributed by atoms with Gasteiger partial charge in [0, 0.05) is 6.07 Å². The van der Waals surface area contributed by atoms with E-state index in [2.05, 4.69) is 6.92 Å². The minimum absolute atomic E-state index is 0.165. The maximum atomic E-state index is 12.7. The summed E-state index contributed by atoms with van der Waals surface area (Å²) in [5.74, 6) is -0.670. The third-order valence-electron chi connectivity index (χ3n) is 2.09. The quantitative estimate of drug-likeness (QED) is 0.578. The maximum absolute atomic E-state index is 12.7. The molecular weight excluding hydrogens is 223 g/mol. The standard InChI is InChI=1S/C10H9F3NO2/c1-6(2)7-4-3-5-8(14(15)16)9(7)10(11,12)13/h3-6H,1H2,2H3. The number of halogens is 3. The molecule has 1 aromatic rings. The van der Waals surface area contributed by atoms with Crippen molar-refractivity contribution in [3.63, 3.8) is 0 Å². The van der Waals surface area contributed by atoms with Crippen molar-refractivity contribution in [1.29, 1.82) is 0 Å². The molecule has 0 aliphatic carbocycles. The minimum Gasteiger partial charge on any atom is -0.258 e. The molecule has 1 unspecified atom stereocenters. The number of alkyl halides is 3. The van der Waals surface area contributed by atoms with Gasteiger partial charge in [-0.2, -0.15) is 13.2 Å². The summed E-state index contributed by atoms with van der Waals surface area (Å²) < 4.78 is 38.1. The number of hydrogen-bond donors (Lipinski definition) is 0. The summed E-state index contributed by atoms with van der Waals surface area (Å²) in [6, 6.07) is 3.27. The third kappa shape index (κ3) is 2.32. The van der Waals surface area contributed by atoms with Crippen LogP contribution < -0.4 is 0 Å². The third-order valence-corrected chi connectivity index (χ3v) is 2.09. The van der Waals surface area contributed by atoms with Gasteiger partial charge in [0.25, 0.3) is 5.69 Å². The molecule has 0 aromatic heterocycles. The Bertz CT molecular complexity index is 413. The minimum atomic E-state index is -4.75. The number of rotatable bonds is 2. The van der Waals surface area contributed by atoms with E-state index in [-0.39, 0.29) is 5.56 Å². The maximum Gasteiger partial charge on any atom is 0.423 e. The van der Waals surface area contributed by atoms with E-state index in [0.717, 1.165) is 6.07 Å². The van der Waals surface area contributed by atoms with Gasteiger partial charge in [0.05, 0.1) is 4.92 Å². The van der Waals surface area contributed by atoms with Crippen LogP contribution in [0, 0.1) is 17.0 Å². The monoisotopic (exact) mass is 232 g/mol. The average molecular weight is 232 g/mol. The van der Waals surface area contributed by atoms with Crippen LogP contribution in [0.4, 0.5) is 18.9 Å². The zero-order valence-electron chi connectivity index (χ0n) is 8.41. The lowest BCUT2D eigenvalue weighted by molar-refractivity contribution is -0.388. The summed E-state index contributed by atoms with van der Waals surface area (Å²) in [5, 5.41) is 10.5. The molecule has 1 atom stereocenters. The number of nitro benzene ring substituents is 1. The van der Waals surface area contributed by atoms with Crippen LogP contribution in [0.5, 0.6) is 0 Å². The predicted octanol–water partition coefficient (Wildman–Crippen LogP) is 3.55.